The van der Waals surface area contributed by atoms with Crippen molar-refractivity contribution in [3.8, 4) is 0 Å². The molecule has 0 aliphatic carbocycles. The van der Waals surface area contributed by atoms with Gasteiger partial charge in [-0.25, -0.2) is 4.79 Å². The quantitative estimate of drug-likeness (QED) is 0.623. The summed E-state index contributed by atoms with van der Waals surface area (Å²) in [6.07, 6.45) is -0.0465. The number of carboxylic acid groups (broad SMARTS) is 1. The van der Waals surface area contributed by atoms with Crippen LogP contribution in [0.1, 0.15) is 30.6 Å². The van der Waals surface area contributed by atoms with E-state index in [9.17, 15) is 19.5 Å². The van der Waals surface area contributed by atoms with Gasteiger partial charge in [-0.05, 0) is 31.5 Å². The third kappa shape index (κ3) is 6.31. The number of rotatable bonds is 7. The Morgan fingerprint density at radius 1 is 1.22 bits per heavy atom. The van der Waals surface area contributed by atoms with E-state index in [-0.39, 0.29) is 13.0 Å². The smallest absolute Gasteiger partial charge is 0.326 e. The van der Waals surface area contributed by atoms with Crippen LogP contribution in [0.5, 0.6) is 0 Å². The number of benzene rings is 1. The number of amides is 1. The van der Waals surface area contributed by atoms with Crippen molar-refractivity contribution in [1.82, 2.24) is 5.32 Å². The van der Waals surface area contributed by atoms with Gasteiger partial charge in [-0.2, -0.15) is 0 Å². The van der Waals surface area contributed by atoms with E-state index in [0.29, 0.717) is 14.5 Å². The van der Waals surface area contributed by atoms with E-state index < -0.39 is 29.8 Å². The molecule has 0 heterocycles. The van der Waals surface area contributed by atoms with E-state index in [1.54, 1.807) is 32.0 Å². The summed E-state index contributed by atoms with van der Waals surface area (Å²) >= 11 is 6.53. The van der Waals surface area contributed by atoms with E-state index >= 15 is 0 Å². The molecule has 6 nitrogen and oxygen atoms in total. The predicted octanol–water partition coefficient (Wildman–Crippen LogP) is 2.98. The first kappa shape index (κ1) is 19.6. The van der Waals surface area contributed by atoms with Gasteiger partial charge in [0.2, 0.25) is 0 Å². The SMILES string of the molecule is CCOC(=O)[C@@H](C)C[C@@H](NC(=O)c1cc(Br)cc(Br)c1)C(=O)O. The zero-order valence-electron chi connectivity index (χ0n) is 12.6. The molecule has 0 unspecified atom stereocenters. The summed E-state index contributed by atoms with van der Waals surface area (Å²) in [6, 6.07) is 3.73. The van der Waals surface area contributed by atoms with Crippen LogP contribution in [-0.4, -0.2) is 35.6 Å². The van der Waals surface area contributed by atoms with Crippen LogP contribution in [0.2, 0.25) is 0 Å². The normalized spacial score (nSPS) is 13.0. The highest BCUT2D eigenvalue weighted by Crippen LogP contribution is 2.20. The Morgan fingerprint density at radius 3 is 2.26 bits per heavy atom. The van der Waals surface area contributed by atoms with Gasteiger partial charge in [0.25, 0.3) is 5.91 Å². The molecule has 1 amide bonds. The minimum absolute atomic E-state index is 0.0465. The minimum atomic E-state index is -1.21. The molecular weight excluding hydrogens is 434 g/mol. The highest BCUT2D eigenvalue weighted by atomic mass is 79.9. The maximum Gasteiger partial charge on any atom is 0.326 e. The summed E-state index contributed by atoms with van der Waals surface area (Å²) in [5.41, 5.74) is 0.307. The number of halogens is 2. The van der Waals surface area contributed by atoms with Crippen molar-refractivity contribution < 1.29 is 24.2 Å². The molecule has 1 aromatic rings. The average Bonchev–Trinajstić information content (AvgIpc) is 2.45. The lowest BCUT2D eigenvalue weighted by atomic mass is 10.0. The molecule has 1 rings (SSSR count). The number of nitrogens with one attached hydrogen (secondary N) is 1. The predicted molar refractivity (Wildman–Crippen MR) is 91.1 cm³/mol. The van der Waals surface area contributed by atoms with Crippen molar-refractivity contribution in [2.24, 2.45) is 5.92 Å². The van der Waals surface area contributed by atoms with Gasteiger partial charge in [0.15, 0.2) is 0 Å². The fourth-order valence-corrected chi connectivity index (χ4v) is 3.18. The Labute approximate surface area is 150 Å². The second-order valence-electron chi connectivity index (χ2n) is 4.91. The van der Waals surface area contributed by atoms with Gasteiger partial charge in [-0.15, -0.1) is 0 Å². The molecule has 0 radical (unpaired) electrons. The molecule has 0 aliphatic rings. The molecular formula is C15H17Br2NO5. The monoisotopic (exact) mass is 449 g/mol. The van der Waals surface area contributed by atoms with E-state index in [1.807, 2.05) is 0 Å². The molecule has 126 valence electrons. The van der Waals surface area contributed by atoms with Crippen LogP contribution in [0, 0.1) is 5.92 Å². The van der Waals surface area contributed by atoms with Crippen molar-refractivity contribution in [3.05, 3.63) is 32.7 Å². The fraction of sp³-hybridized carbons (Fsp3) is 0.400. The van der Waals surface area contributed by atoms with Crippen molar-refractivity contribution in [3.63, 3.8) is 0 Å². The molecule has 1 aromatic carbocycles. The van der Waals surface area contributed by atoms with Crippen molar-refractivity contribution in [1.29, 1.82) is 0 Å². The van der Waals surface area contributed by atoms with E-state index in [2.05, 4.69) is 37.2 Å². The molecule has 0 aliphatic heterocycles. The Balaban J connectivity index is 2.81. The first-order chi connectivity index (χ1) is 10.7. The standard InChI is InChI=1S/C15H17Br2NO5/c1-3-23-15(22)8(2)4-12(14(20)21)18-13(19)9-5-10(16)7-11(17)6-9/h5-8,12H,3-4H2,1-2H3,(H,18,19)(H,20,21)/t8-,12+/m0/s1. The third-order valence-electron chi connectivity index (χ3n) is 3.01. The highest BCUT2D eigenvalue weighted by Gasteiger charge is 2.27. The number of carbonyl (C=O) groups excluding carboxylic acids is 2. The van der Waals surface area contributed by atoms with Crippen LogP contribution in [0.3, 0.4) is 0 Å². The highest BCUT2D eigenvalue weighted by molar-refractivity contribution is 9.11. The van der Waals surface area contributed by atoms with Crippen molar-refractivity contribution in [2.45, 2.75) is 26.3 Å². The lowest BCUT2D eigenvalue weighted by molar-refractivity contribution is -0.148. The van der Waals surface area contributed by atoms with Crippen molar-refractivity contribution >= 4 is 49.7 Å². The zero-order valence-corrected chi connectivity index (χ0v) is 15.8. The number of carbonyl (C=O) groups is 3. The number of ether oxygens (including phenoxy) is 1. The molecule has 2 N–H and O–H groups in total. The second-order valence-corrected chi connectivity index (χ2v) is 6.74. The van der Waals surface area contributed by atoms with Crippen LogP contribution < -0.4 is 5.32 Å². The summed E-state index contributed by atoms with van der Waals surface area (Å²) in [4.78, 5) is 35.1. The topological polar surface area (TPSA) is 92.7 Å². The lowest BCUT2D eigenvalue weighted by Gasteiger charge is -2.18. The molecule has 23 heavy (non-hydrogen) atoms. The molecule has 0 saturated heterocycles. The summed E-state index contributed by atoms with van der Waals surface area (Å²) in [7, 11) is 0. The van der Waals surface area contributed by atoms with Gasteiger partial charge in [-0.1, -0.05) is 38.8 Å². The van der Waals surface area contributed by atoms with E-state index in [4.69, 9.17) is 4.74 Å². The molecule has 0 aromatic heterocycles. The molecule has 8 heteroatoms. The lowest BCUT2D eigenvalue weighted by Crippen LogP contribution is -2.42. The Hall–Kier alpha value is -1.41. The number of aliphatic carboxylic acids is 1. The molecule has 0 bridgehead atoms. The Morgan fingerprint density at radius 2 is 1.78 bits per heavy atom. The Bertz CT molecular complexity index is 585. The maximum absolute atomic E-state index is 12.2. The van der Waals surface area contributed by atoms with Crippen LogP contribution in [-0.2, 0) is 14.3 Å². The number of hydrogen-bond donors (Lipinski definition) is 2. The average molecular weight is 451 g/mol. The van der Waals surface area contributed by atoms with Gasteiger partial charge in [0.05, 0.1) is 12.5 Å². The van der Waals surface area contributed by atoms with Crippen LogP contribution in [0.4, 0.5) is 0 Å². The summed E-state index contributed by atoms with van der Waals surface area (Å²) in [5.74, 6) is -2.86. The summed E-state index contributed by atoms with van der Waals surface area (Å²) in [6.45, 7) is 3.46. The molecule has 0 saturated carbocycles. The van der Waals surface area contributed by atoms with E-state index in [0.717, 1.165) is 0 Å². The van der Waals surface area contributed by atoms with Gasteiger partial charge in [-0.3, -0.25) is 9.59 Å². The third-order valence-corrected chi connectivity index (χ3v) is 3.92. The molecule has 0 spiro atoms. The first-order valence-corrected chi connectivity index (χ1v) is 8.49. The molecule has 2 atom stereocenters. The van der Waals surface area contributed by atoms with Gasteiger partial charge >= 0.3 is 11.9 Å². The largest absolute Gasteiger partial charge is 0.480 e. The van der Waals surface area contributed by atoms with Gasteiger partial charge < -0.3 is 15.2 Å². The van der Waals surface area contributed by atoms with Crippen molar-refractivity contribution in [2.75, 3.05) is 6.61 Å². The number of carboxylic acids is 1. The fourth-order valence-electron chi connectivity index (χ4n) is 1.88. The summed E-state index contributed by atoms with van der Waals surface area (Å²) < 4.78 is 6.22. The van der Waals surface area contributed by atoms with Gasteiger partial charge in [0.1, 0.15) is 6.04 Å². The van der Waals surface area contributed by atoms with E-state index in [1.165, 1.54) is 0 Å². The molecule has 0 fully saturated rings. The van der Waals surface area contributed by atoms with Crippen LogP contribution in [0.15, 0.2) is 27.1 Å². The van der Waals surface area contributed by atoms with Gasteiger partial charge in [0, 0.05) is 14.5 Å². The Kier molecular flexibility index (Phi) is 7.70. The minimum Gasteiger partial charge on any atom is -0.480 e. The maximum atomic E-state index is 12.2. The number of hydrogen-bond acceptors (Lipinski definition) is 4. The van der Waals surface area contributed by atoms with Crippen LogP contribution in [0.25, 0.3) is 0 Å². The zero-order chi connectivity index (χ0) is 17.6. The van der Waals surface area contributed by atoms with Crippen LogP contribution >= 0.6 is 31.9 Å². The second kappa shape index (κ2) is 9.02. The summed E-state index contributed by atoms with van der Waals surface area (Å²) in [5, 5.41) is 11.7. The first-order valence-electron chi connectivity index (χ1n) is 6.91. The number of esters is 1.